The van der Waals surface area contributed by atoms with Crippen LogP contribution >= 0.6 is 23.4 Å². The van der Waals surface area contributed by atoms with E-state index >= 15 is 0 Å². The van der Waals surface area contributed by atoms with E-state index in [2.05, 4.69) is 5.32 Å². The van der Waals surface area contributed by atoms with Gasteiger partial charge in [-0.1, -0.05) is 30.3 Å². The molecule has 5 rings (SSSR count). The maximum Gasteiger partial charge on any atom is 0.331 e. The monoisotopic (exact) mass is 612 g/mol. The van der Waals surface area contributed by atoms with E-state index in [1.807, 2.05) is 0 Å². The third-order valence-electron chi connectivity index (χ3n) is 8.14. The lowest BCUT2D eigenvalue weighted by Gasteiger charge is -2.44. The number of sulfone groups is 1. The molecule has 3 amide bonds. The Morgan fingerprint density at radius 1 is 1.15 bits per heavy atom. The Morgan fingerprint density at radius 2 is 1.80 bits per heavy atom. The molecule has 0 aliphatic carbocycles. The van der Waals surface area contributed by atoms with Crippen molar-refractivity contribution in [3.63, 3.8) is 0 Å². The number of benzene rings is 1. The predicted octanol–water partition coefficient (Wildman–Crippen LogP) is -0.301. The fourth-order valence-electron chi connectivity index (χ4n) is 5.87. The summed E-state index contributed by atoms with van der Waals surface area (Å²) < 4.78 is 28.5. The summed E-state index contributed by atoms with van der Waals surface area (Å²) in [5.41, 5.74) is 6.64. The Hall–Kier alpha value is -2.68. The van der Waals surface area contributed by atoms with Crippen LogP contribution in [-0.4, -0.2) is 98.5 Å². The van der Waals surface area contributed by atoms with Gasteiger partial charge in [0.15, 0.2) is 28.3 Å². The highest BCUT2D eigenvalue weighted by Gasteiger charge is 2.70. The number of carbonyl (C=O) groups is 5. The molecule has 4 aliphatic rings. The van der Waals surface area contributed by atoms with Gasteiger partial charge in [0, 0.05) is 10.6 Å². The molecule has 216 valence electrons. The number of hydrogen-bond donors (Lipinski definition) is 2. The molecule has 4 saturated heterocycles. The largest absolute Gasteiger partial charge is 0.456 e. The van der Waals surface area contributed by atoms with Crippen LogP contribution in [0.1, 0.15) is 38.8 Å². The molecule has 15 heteroatoms. The van der Waals surface area contributed by atoms with Crippen molar-refractivity contribution in [3.8, 4) is 0 Å². The second-order valence-electron chi connectivity index (χ2n) is 11.1. The van der Waals surface area contributed by atoms with Crippen LogP contribution in [0.3, 0.4) is 0 Å². The number of hydrogen-bond acceptors (Lipinski definition) is 10. The summed E-state index contributed by atoms with van der Waals surface area (Å²) in [5, 5.41) is 1.00. The van der Waals surface area contributed by atoms with Crippen LogP contribution in [0, 0.1) is 0 Å². The topological polar surface area (TPSA) is 173 Å². The molecule has 7 atom stereocenters. The smallest absolute Gasteiger partial charge is 0.331 e. The Labute approximate surface area is 240 Å². The van der Waals surface area contributed by atoms with Gasteiger partial charge in [0.25, 0.3) is 0 Å². The number of nitrogens with two attached hydrogens (primary N) is 1. The molecule has 12 nitrogen and oxygen atoms in total. The number of rotatable bonds is 8. The number of thioether (sulfide) groups is 1. The second-order valence-corrected chi connectivity index (χ2v) is 15.7. The molecule has 0 radical (unpaired) electrons. The van der Waals surface area contributed by atoms with E-state index in [9.17, 15) is 32.4 Å². The fraction of sp³-hybridized carbons (Fsp3) is 0.560. The molecule has 4 aliphatic heterocycles. The Kier molecular flexibility index (Phi) is 7.00. The molecule has 3 unspecified atom stereocenters. The van der Waals surface area contributed by atoms with Crippen molar-refractivity contribution in [1.82, 2.24) is 15.1 Å². The van der Waals surface area contributed by atoms with Crippen LogP contribution in [-0.2, 0) is 38.5 Å². The van der Waals surface area contributed by atoms with Gasteiger partial charge in [0.05, 0.1) is 6.42 Å². The molecule has 3 N–H and O–H groups in total. The number of amides is 3. The van der Waals surface area contributed by atoms with Gasteiger partial charge < -0.3 is 25.6 Å². The highest BCUT2D eigenvalue weighted by molar-refractivity contribution is 8.01. The van der Waals surface area contributed by atoms with E-state index in [-0.39, 0.29) is 6.42 Å². The normalized spacial score (nSPS) is 33.8. The Bertz CT molecular complexity index is 1410. The molecule has 0 aromatic heterocycles. The average Bonchev–Trinajstić information content (AvgIpc) is 3.25. The number of β-lactam (4-membered cyclic amide) rings is 2. The van der Waals surface area contributed by atoms with Gasteiger partial charge in [0.2, 0.25) is 17.7 Å². The predicted molar refractivity (Wildman–Crippen MR) is 144 cm³/mol. The van der Waals surface area contributed by atoms with Crippen molar-refractivity contribution in [2.45, 2.75) is 71.6 Å². The molecular weight excluding hydrogens is 584 g/mol. The van der Waals surface area contributed by atoms with Crippen molar-refractivity contribution < 1.29 is 37.1 Å². The van der Waals surface area contributed by atoms with E-state index in [1.54, 1.807) is 44.2 Å². The van der Waals surface area contributed by atoms with E-state index in [4.69, 9.17) is 22.1 Å². The van der Waals surface area contributed by atoms with Crippen LogP contribution in [0.4, 0.5) is 0 Å². The number of nitrogens with one attached hydrogen (secondary N) is 1. The lowest BCUT2D eigenvalue weighted by molar-refractivity contribution is -0.164. The van der Waals surface area contributed by atoms with Crippen molar-refractivity contribution in [2.24, 2.45) is 5.73 Å². The zero-order chi connectivity index (χ0) is 29.4. The average molecular weight is 613 g/mol. The molecule has 1 aromatic carbocycles. The molecular formula is C25H29ClN4O8S2. The van der Waals surface area contributed by atoms with Gasteiger partial charge in [-0.2, -0.15) is 0 Å². The van der Waals surface area contributed by atoms with Gasteiger partial charge in [-0.3, -0.25) is 19.2 Å². The van der Waals surface area contributed by atoms with Crippen LogP contribution in [0.25, 0.3) is 0 Å². The van der Waals surface area contributed by atoms with E-state index in [1.165, 1.54) is 23.6 Å². The quantitative estimate of drug-likeness (QED) is 0.225. The standard InChI is InChI=1S/C25H29ClN4O8S2/c1-24(2)18(30-21(34)17(22(30)39-24)28-20(33)16(27)12-7-5-4-6-8-12)13(31)10-38-23(35)19-25(3,11-26)40(36,37)15-9-14(32)29(15)19/h4-8,15-19,22H,9-11,27H2,1-3H3,(H,28,33)/t15-,16+,17?,18?,19-,22?,25-/m0/s1. The summed E-state index contributed by atoms with van der Waals surface area (Å²) >= 11 is 7.30. The third-order valence-corrected chi connectivity index (χ3v) is 13.2. The molecule has 0 bridgehead atoms. The number of esters is 1. The minimum atomic E-state index is -3.94. The number of ether oxygens (including phenoxy) is 1. The van der Waals surface area contributed by atoms with Gasteiger partial charge in [-0.25, -0.2) is 13.2 Å². The van der Waals surface area contributed by atoms with Gasteiger partial charge in [-0.05, 0) is 26.3 Å². The van der Waals surface area contributed by atoms with E-state index in [0.717, 1.165) is 4.90 Å². The number of ketones is 1. The van der Waals surface area contributed by atoms with Crippen LogP contribution in [0.15, 0.2) is 30.3 Å². The molecule has 0 spiro atoms. The Morgan fingerprint density at radius 3 is 2.40 bits per heavy atom. The van der Waals surface area contributed by atoms with Crippen molar-refractivity contribution >= 4 is 62.7 Å². The van der Waals surface area contributed by atoms with Crippen LogP contribution in [0.2, 0.25) is 0 Å². The molecule has 4 fully saturated rings. The molecule has 40 heavy (non-hydrogen) atoms. The second kappa shape index (κ2) is 9.71. The number of fused-ring (bicyclic) bond motifs is 2. The minimum Gasteiger partial charge on any atom is -0.456 e. The summed E-state index contributed by atoms with van der Waals surface area (Å²) in [6.45, 7) is 4.08. The number of nitrogens with zero attached hydrogens (tertiary/aromatic N) is 2. The van der Waals surface area contributed by atoms with Crippen LogP contribution < -0.4 is 11.1 Å². The number of Topliss-reactive ketones (excluding diaryl/α,β-unsaturated/α-hetero) is 1. The van der Waals surface area contributed by atoms with Crippen molar-refractivity contribution in [2.75, 3.05) is 12.5 Å². The number of carbonyl (C=O) groups excluding carboxylic acids is 5. The lowest BCUT2D eigenvalue weighted by atomic mass is 9.92. The first kappa shape index (κ1) is 28.8. The highest BCUT2D eigenvalue weighted by Crippen LogP contribution is 2.51. The highest BCUT2D eigenvalue weighted by atomic mass is 35.5. The maximum atomic E-state index is 13.3. The molecule has 4 heterocycles. The molecule has 1 aromatic rings. The first-order valence-electron chi connectivity index (χ1n) is 12.6. The number of alkyl halides is 1. The third kappa shape index (κ3) is 4.05. The first-order valence-corrected chi connectivity index (χ1v) is 15.5. The summed E-state index contributed by atoms with van der Waals surface area (Å²) in [5.74, 6) is -3.58. The maximum absolute atomic E-state index is 13.3. The van der Waals surface area contributed by atoms with Crippen molar-refractivity contribution in [1.29, 1.82) is 0 Å². The van der Waals surface area contributed by atoms with Crippen LogP contribution in [0.5, 0.6) is 0 Å². The zero-order valence-corrected chi connectivity index (χ0v) is 24.3. The van der Waals surface area contributed by atoms with Gasteiger partial charge >= 0.3 is 5.97 Å². The SMILES string of the molecule is CC1(C)SC2C(NC(=O)[C@H](N)c3ccccc3)C(=O)N2C1C(=O)COC(=O)[C@@H]1N2C(=O)C[C@@H]2S(=O)(=O)[C@@]1(C)CCl. The summed E-state index contributed by atoms with van der Waals surface area (Å²) in [6.07, 6.45) is -0.239. The van der Waals surface area contributed by atoms with Gasteiger partial charge in [-0.15, -0.1) is 23.4 Å². The van der Waals surface area contributed by atoms with E-state index in [0.29, 0.717) is 5.56 Å². The Balaban J connectivity index is 1.25. The summed E-state index contributed by atoms with van der Waals surface area (Å²) in [6, 6.07) is 4.40. The molecule has 0 saturated carbocycles. The van der Waals surface area contributed by atoms with Crippen molar-refractivity contribution in [3.05, 3.63) is 35.9 Å². The summed E-state index contributed by atoms with van der Waals surface area (Å²) in [7, 11) is -3.94. The lowest BCUT2D eigenvalue weighted by Crippen LogP contribution is -2.71. The first-order chi connectivity index (χ1) is 18.7. The zero-order valence-electron chi connectivity index (χ0n) is 21.9. The number of halogens is 1. The summed E-state index contributed by atoms with van der Waals surface area (Å²) in [4.78, 5) is 66.7. The fourth-order valence-corrected chi connectivity index (χ4v) is 10.3. The van der Waals surface area contributed by atoms with E-state index < -0.39 is 96.2 Å². The van der Waals surface area contributed by atoms with Gasteiger partial charge in [0.1, 0.15) is 33.6 Å². The minimum absolute atomic E-state index is 0.239.